The lowest BCUT2D eigenvalue weighted by Gasteiger charge is -2.36. The molecule has 1 aliphatic carbocycles. The van der Waals surface area contributed by atoms with Crippen LogP contribution in [0.2, 0.25) is 0 Å². The van der Waals surface area contributed by atoms with E-state index in [2.05, 4.69) is 45.3 Å². The van der Waals surface area contributed by atoms with Crippen LogP contribution in [0, 0.1) is 0 Å². The van der Waals surface area contributed by atoms with Gasteiger partial charge < -0.3 is 14.4 Å². The summed E-state index contributed by atoms with van der Waals surface area (Å²) in [5.41, 5.74) is 5.68. The highest BCUT2D eigenvalue weighted by molar-refractivity contribution is 5.83. The van der Waals surface area contributed by atoms with Crippen LogP contribution in [-0.2, 0) is 7.05 Å². The number of ether oxygens (including phenoxy) is 2. The van der Waals surface area contributed by atoms with Gasteiger partial charge in [0.05, 0.1) is 43.3 Å². The summed E-state index contributed by atoms with van der Waals surface area (Å²) in [5.74, 6) is 1.56. The lowest BCUT2D eigenvalue weighted by Crippen LogP contribution is -2.33. The van der Waals surface area contributed by atoms with Gasteiger partial charge in [0.25, 0.3) is 0 Å². The largest absolute Gasteiger partial charge is 0.497 e. The molecule has 2 heterocycles. The second-order valence-electron chi connectivity index (χ2n) is 8.56. The first kappa shape index (κ1) is 21.2. The number of benzene rings is 2. The summed E-state index contributed by atoms with van der Waals surface area (Å²) in [6, 6.07) is 12.8. The third-order valence-corrected chi connectivity index (χ3v) is 6.36. The number of aryl methyl sites for hydroxylation is 1. The zero-order chi connectivity index (χ0) is 22.8. The number of rotatable bonds is 6. The van der Waals surface area contributed by atoms with Crippen LogP contribution in [0.1, 0.15) is 32.1 Å². The molecule has 0 amide bonds. The first-order chi connectivity index (χ1) is 16.1. The molecule has 33 heavy (non-hydrogen) atoms. The van der Waals surface area contributed by atoms with E-state index in [4.69, 9.17) is 14.5 Å². The number of anilines is 2. The van der Waals surface area contributed by atoms with Gasteiger partial charge in [-0.3, -0.25) is 9.67 Å². The van der Waals surface area contributed by atoms with E-state index in [9.17, 15) is 0 Å². The molecule has 0 bridgehead atoms. The Hall–Kier alpha value is -3.61. The van der Waals surface area contributed by atoms with Crippen molar-refractivity contribution < 1.29 is 9.47 Å². The number of hydrogen-bond acceptors (Lipinski definition) is 6. The van der Waals surface area contributed by atoms with E-state index >= 15 is 0 Å². The molecule has 7 heteroatoms. The van der Waals surface area contributed by atoms with Gasteiger partial charge in [-0.1, -0.05) is 19.3 Å². The fourth-order valence-electron chi connectivity index (χ4n) is 4.68. The molecule has 0 spiro atoms. The summed E-state index contributed by atoms with van der Waals surface area (Å²) in [6.07, 6.45) is 11.7. The van der Waals surface area contributed by atoms with E-state index in [0.717, 1.165) is 58.0 Å². The molecule has 5 rings (SSSR count). The molecule has 0 unspecified atom stereocenters. The predicted molar refractivity (Wildman–Crippen MR) is 130 cm³/mol. The Morgan fingerprint density at radius 2 is 1.64 bits per heavy atom. The summed E-state index contributed by atoms with van der Waals surface area (Å²) in [4.78, 5) is 12.0. The highest BCUT2D eigenvalue weighted by Gasteiger charge is 2.24. The number of hydrogen-bond donors (Lipinski definition) is 0. The Morgan fingerprint density at radius 1 is 0.879 bits per heavy atom. The topological polar surface area (TPSA) is 65.3 Å². The zero-order valence-corrected chi connectivity index (χ0v) is 19.4. The van der Waals surface area contributed by atoms with Crippen LogP contribution < -0.4 is 14.4 Å². The van der Waals surface area contributed by atoms with Gasteiger partial charge in [-0.2, -0.15) is 5.10 Å². The van der Waals surface area contributed by atoms with E-state index in [1.807, 2.05) is 31.7 Å². The normalized spacial score (nSPS) is 14.4. The molecule has 4 aromatic rings. The van der Waals surface area contributed by atoms with Crippen molar-refractivity contribution in [3.63, 3.8) is 0 Å². The van der Waals surface area contributed by atoms with Crippen LogP contribution in [0.5, 0.6) is 11.5 Å². The second-order valence-corrected chi connectivity index (χ2v) is 8.56. The van der Waals surface area contributed by atoms with Crippen molar-refractivity contribution in [3.05, 3.63) is 55.0 Å². The zero-order valence-electron chi connectivity index (χ0n) is 19.4. The van der Waals surface area contributed by atoms with Gasteiger partial charge >= 0.3 is 0 Å². The fourth-order valence-corrected chi connectivity index (χ4v) is 4.68. The van der Waals surface area contributed by atoms with Crippen molar-refractivity contribution in [2.24, 2.45) is 7.05 Å². The summed E-state index contributed by atoms with van der Waals surface area (Å²) in [5, 5.41) is 4.27. The molecule has 0 saturated heterocycles. The average molecular weight is 444 g/mol. The molecular formula is C26H29N5O2. The van der Waals surface area contributed by atoms with E-state index < -0.39 is 0 Å². The van der Waals surface area contributed by atoms with E-state index in [0.29, 0.717) is 6.04 Å². The third kappa shape index (κ3) is 4.35. The minimum absolute atomic E-state index is 0.405. The smallest absolute Gasteiger partial charge is 0.124 e. The monoisotopic (exact) mass is 443 g/mol. The molecule has 0 aliphatic heterocycles. The predicted octanol–water partition coefficient (Wildman–Crippen LogP) is 5.52. The number of aromatic nitrogens is 4. The van der Waals surface area contributed by atoms with Gasteiger partial charge in [-0.15, -0.1) is 0 Å². The Labute approximate surface area is 194 Å². The van der Waals surface area contributed by atoms with Gasteiger partial charge in [0.15, 0.2) is 0 Å². The highest BCUT2D eigenvalue weighted by atomic mass is 16.5. The van der Waals surface area contributed by atoms with Crippen molar-refractivity contribution in [3.8, 4) is 22.8 Å². The molecule has 2 aromatic carbocycles. The van der Waals surface area contributed by atoms with Crippen LogP contribution in [0.3, 0.4) is 0 Å². The summed E-state index contributed by atoms with van der Waals surface area (Å²) < 4.78 is 12.9. The van der Waals surface area contributed by atoms with E-state index in [1.54, 1.807) is 18.9 Å². The SMILES string of the molecule is COc1cc(OC)cc(N(c2ccc3ncc(-c4cnn(C)c4)nc3c2)C2CCCCC2)c1. The van der Waals surface area contributed by atoms with Gasteiger partial charge in [0, 0.05) is 54.4 Å². The maximum Gasteiger partial charge on any atom is 0.124 e. The maximum atomic E-state index is 5.57. The third-order valence-electron chi connectivity index (χ3n) is 6.36. The average Bonchev–Trinajstić information content (AvgIpc) is 3.30. The van der Waals surface area contributed by atoms with Gasteiger partial charge in [0.1, 0.15) is 11.5 Å². The molecule has 1 aliphatic rings. The van der Waals surface area contributed by atoms with Crippen molar-refractivity contribution in [1.29, 1.82) is 0 Å². The number of nitrogens with zero attached hydrogens (tertiary/aromatic N) is 5. The van der Waals surface area contributed by atoms with Crippen LogP contribution in [-0.4, -0.2) is 40.0 Å². The molecule has 0 N–H and O–H groups in total. The number of fused-ring (bicyclic) bond motifs is 1. The van der Waals surface area contributed by atoms with Gasteiger partial charge in [-0.25, -0.2) is 4.98 Å². The van der Waals surface area contributed by atoms with Crippen molar-refractivity contribution in [2.45, 2.75) is 38.1 Å². The molecule has 1 fully saturated rings. The van der Waals surface area contributed by atoms with E-state index in [1.165, 1.54) is 19.3 Å². The summed E-state index contributed by atoms with van der Waals surface area (Å²) >= 11 is 0. The van der Waals surface area contributed by atoms with Crippen molar-refractivity contribution >= 4 is 22.4 Å². The van der Waals surface area contributed by atoms with E-state index in [-0.39, 0.29) is 0 Å². The highest BCUT2D eigenvalue weighted by Crippen LogP contribution is 2.39. The molecule has 0 atom stereocenters. The first-order valence-electron chi connectivity index (χ1n) is 11.4. The van der Waals surface area contributed by atoms with Crippen LogP contribution in [0.4, 0.5) is 11.4 Å². The molecular weight excluding hydrogens is 414 g/mol. The lowest BCUT2D eigenvalue weighted by atomic mass is 9.93. The minimum Gasteiger partial charge on any atom is -0.497 e. The molecule has 170 valence electrons. The standard InChI is InChI=1S/C26H29N5O2/c1-30-17-18(15-28-30)26-16-27-24-10-9-20(13-25(24)29-26)31(19-7-5-4-6-8-19)21-11-22(32-2)14-23(12-21)33-3/h9-17,19H,4-8H2,1-3H3. The van der Waals surface area contributed by atoms with Crippen LogP contribution >= 0.6 is 0 Å². The van der Waals surface area contributed by atoms with Crippen molar-refractivity contribution in [1.82, 2.24) is 19.7 Å². The number of methoxy groups -OCH3 is 2. The second kappa shape index (κ2) is 9.10. The lowest BCUT2D eigenvalue weighted by molar-refractivity contribution is 0.393. The summed E-state index contributed by atoms with van der Waals surface area (Å²) in [7, 11) is 5.28. The molecule has 2 aromatic heterocycles. The minimum atomic E-state index is 0.405. The fraction of sp³-hybridized carbons (Fsp3) is 0.346. The summed E-state index contributed by atoms with van der Waals surface area (Å²) in [6.45, 7) is 0. The van der Waals surface area contributed by atoms with Gasteiger partial charge in [0.2, 0.25) is 0 Å². The first-order valence-corrected chi connectivity index (χ1v) is 11.4. The Balaban J connectivity index is 1.61. The van der Waals surface area contributed by atoms with Crippen LogP contribution in [0.25, 0.3) is 22.3 Å². The van der Waals surface area contributed by atoms with Gasteiger partial charge in [-0.05, 0) is 31.0 Å². The Morgan fingerprint density at radius 3 is 2.30 bits per heavy atom. The molecule has 1 saturated carbocycles. The molecule has 7 nitrogen and oxygen atoms in total. The Bertz CT molecular complexity index is 1240. The van der Waals surface area contributed by atoms with Crippen molar-refractivity contribution in [2.75, 3.05) is 19.1 Å². The Kier molecular flexibility index (Phi) is 5.86. The molecule has 0 radical (unpaired) electrons. The maximum absolute atomic E-state index is 5.57. The van der Waals surface area contributed by atoms with Crippen LogP contribution in [0.15, 0.2) is 55.0 Å². The quantitative estimate of drug-likeness (QED) is 0.391.